The van der Waals surface area contributed by atoms with Crippen molar-refractivity contribution >= 4 is 43.6 Å². The summed E-state index contributed by atoms with van der Waals surface area (Å²) in [6, 6.07) is 28.0. The van der Waals surface area contributed by atoms with Crippen LogP contribution in [0.2, 0.25) is 0 Å². The Bertz CT molecular complexity index is 2360. The molecule has 0 unspecified atom stereocenters. The molecule has 0 spiro atoms. The Hall–Kier alpha value is -5.74. The zero-order valence-electron chi connectivity index (χ0n) is 22.3. The van der Waals surface area contributed by atoms with Crippen LogP contribution in [0.25, 0.3) is 55.0 Å². The van der Waals surface area contributed by atoms with Crippen molar-refractivity contribution in [1.82, 2.24) is 9.13 Å². The van der Waals surface area contributed by atoms with E-state index in [1.54, 1.807) is 71.3 Å². The lowest BCUT2D eigenvalue weighted by Crippen LogP contribution is -2.14. The fraction of sp³-hybridized carbons (Fsp3) is 0.0588. The predicted octanol–water partition coefficient (Wildman–Crippen LogP) is 9.66. The molecule has 0 saturated carbocycles. The summed E-state index contributed by atoms with van der Waals surface area (Å²) in [6.07, 6.45) is -10.1. The van der Waals surface area contributed by atoms with Crippen molar-refractivity contribution in [2.45, 2.75) is 12.4 Å². The molecule has 0 saturated heterocycles. The van der Waals surface area contributed by atoms with Gasteiger partial charge in [-0.2, -0.15) is 36.9 Å². The third kappa shape index (κ3) is 3.85. The van der Waals surface area contributed by atoms with Gasteiger partial charge in [-0.05, 0) is 42.5 Å². The van der Waals surface area contributed by atoms with Crippen LogP contribution in [0.15, 0.2) is 97.1 Å². The van der Waals surface area contributed by atoms with Gasteiger partial charge in [0.15, 0.2) is 0 Å². The molecular weight excluding hydrogens is 578 g/mol. The molecule has 7 rings (SSSR count). The molecule has 0 bridgehead atoms. The highest BCUT2D eigenvalue weighted by molar-refractivity contribution is 6.24. The molecule has 7 aromatic rings. The second-order valence-corrected chi connectivity index (χ2v) is 10.2. The van der Waals surface area contributed by atoms with Crippen LogP contribution in [0.3, 0.4) is 0 Å². The molecule has 0 radical (unpaired) electrons. The summed E-state index contributed by atoms with van der Waals surface area (Å²) in [5.41, 5.74) is -1.19. The van der Waals surface area contributed by atoms with Crippen molar-refractivity contribution in [3.05, 3.63) is 119 Å². The Morgan fingerprint density at radius 1 is 0.523 bits per heavy atom. The van der Waals surface area contributed by atoms with Gasteiger partial charge in [0.25, 0.3) is 0 Å². The van der Waals surface area contributed by atoms with E-state index in [2.05, 4.69) is 12.1 Å². The van der Waals surface area contributed by atoms with Crippen LogP contribution in [-0.2, 0) is 12.4 Å². The van der Waals surface area contributed by atoms with E-state index in [4.69, 9.17) is 0 Å². The molecule has 5 aromatic carbocycles. The van der Waals surface area contributed by atoms with E-state index in [9.17, 15) is 36.9 Å². The smallest absolute Gasteiger partial charge is 0.307 e. The van der Waals surface area contributed by atoms with E-state index in [-0.39, 0.29) is 28.4 Å². The number of fused-ring (bicyclic) bond motifs is 7. The first-order valence-corrected chi connectivity index (χ1v) is 13.2. The summed E-state index contributed by atoms with van der Waals surface area (Å²) in [4.78, 5) is 0. The zero-order chi connectivity index (χ0) is 31.0. The molecule has 0 atom stereocenters. The van der Waals surface area contributed by atoms with Gasteiger partial charge in [-0.3, -0.25) is 0 Å². The highest BCUT2D eigenvalue weighted by atomic mass is 19.4. The minimum Gasteiger partial charge on any atom is -0.307 e. The van der Waals surface area contributed by atoms with Crippen LogP contribution in [0, 0.1) is 22.7 Å². The maximum Gasteiger partial charge on any atom is 0.418 e. The molecule has 0 amide bonds. The molecule has 44 heavy (non-hydrogen) atoms. The molecule has 10 heteroatoms. The van der Waals surface area contributed by atoms with E-state index in [0.29, 0.717) is 44.2 Å². The number of halogens is 6. The average Bonchev–Trinajstić information content (AvgIpc) is 3.52. The Balaban J connectivity index is 1.78. The molecule has 0 aliphatic heterocycles. The van der Waals surface area contributed by atoms with E-state index in [1.807, 2.05) is 12.1 Å². The van der Waals surface area contributed by atoms with Crippen molar-refractivity contribution < 1.29 is 26.3 Å². The SMILES string of the molecule is N#Cc1cccc(C#N)c1-n1c2ccccc2c2ccc3c4ccccc4n(-c4ccc(C(F)(F)F)cc4C(F)(F)F)c3c21. The van der Waals surface area contributed by atoms with Crippen molar-refractivity contribution in [2.24, 2.45) is 0 Å². The molecule has 2 heterocycles. The van der Waals surface area contributed by atoms with E-state index >= 15 is 0 Å². The molecule has 4 nitrogen and oxygen atoms in total. The Morgan fingerprint density at radius 2 is 1.05 bits per heavy atom. The van der Waals surface area contributed by atoms with Gasteiger partial charge in [-0.1, -0.05) is 54.6 Å². The number of rotatable bonds is 2. The lowest BCUT2D eigenvalue weighted by Gasteiger charge is -2.19. The first kappa shape index (κ1) is 27.1. The largest absolute Gasteiger partial charge is 0.418 e. The second-order valence-electron chi connectivity index (χ2n) is 10.2. The maximum atomic E-state index is 14.6. The van der Waals surface area contributed by atoms with Gasteiger partial charge in [0.05, 0.1) is 55.7 Å². The average molecular weight is 595 g/mol. The van der Waals surface area contributed by atoms with Gasteiger partial charge in [-0.15, -0.1) is 0 Å². The molecule has 2 aromatic heterocycles. The minimum absolute atomic E-state index is 0.129. The summed E-state index contributed by atoms with van der Waals surface area (Å²) < 4.78 is 87.6. The van der Waals surface area contributed by atoms with E-state index in [1.165, 1.54) is 4.57 Å². The monoisotopic (exact) mass is 594 g/mol. The summed E-state index contributed by atoms with van der Waals surface area (Å²) >= 11 is 0. The van der Waals surface area contributed by atoms with Gasteiger partial charge in [0.2, 0.25) is 0 Å². The van der Waals surface area contributed by atoms with Crippen LogP contribution >= 0.6 is 0 Å². The molecule has 0 N–H and O–H groups in total. The summed E-state index contributed by atoms with van der Waals surface area (Å²) in [7, 11) is 0. The third-order valence-corrected chi connectivity index (χ3v) is 7.84. The number of nitriles is 2. The fourth-order valence-corrected chi connectivity index (χ4v) is 6.08. The maximum absolute atomic E-state index is 14.6. The number of hydrogen-bond donors (Lipinski definition) is 0. The predicted molar refractivity (Wildman–Crippen MR) is 155 cm³/mol. The van der Waals surface area contributed by atoms with Crippen molar-refractivity contribution in [3.8, 4) is 23.5 Å². The lowest BCUT2D eigenvalue weighted by atomic mass is 10.1. The molecule has 214 valence electrons. The Labute approximate surface area is 244 Å². The van der Waals surface area contributed by atoms with E-state index < -0.39 is 29.2 Å². The van der Waals surface area contributed by atoms with Gasteiger partial charge >= 0.3 is 12.4 Å². The zero-order valence-corrected chi connectivity index (χ0v) is 22.3. The number of alkyl halides is 6. The van der Waals surface area contributed by atoms with Crippen molar-refractivity contribution in [2.75, 3.05) is 0 Å². The first-order chi connectivity index (χ1) is 21.0. The van der Waals surface area contributed by atoms with Crippen LogP contribution in [0.5, 0.6) is 0 Å². The Kier molecular flexibility index (Phi) is 5.78. The Morgan fingerprint density at radius 3 is 1.57 bits per heavy atom. The van der Waals surface area contributed by atoms with Crippen LogP contribution in [0.1, 0.15) is 22.3 Å². The van der Waals surface area contributed by atoms with Gasteiger partial charge in [0, 0.05) is 21.5 Å². The fourth-order valence-electron chi connectivity index (χ4n) is 6.08. The quantitative estimate of drug-likeness (QED) is 0.187. The van der Waals surface area contributed by atoms with Crippen LogP contribution in [0.4, 0.5) is 26.3 Å². The van der Waals surface area contributed by atoms with Gasteiger partial charge < -0.3 is 9.13 Å². The minimum atomic E-state index is -5.13. The van der Waals surface area contributed by atoms with Gasteiger partial charge in [-0.25, -0.2) is 0 Å². The van der Waals surface area contributed by atoms with Crippen molar-refractivity contribution in [3.63, 3.8) is 0 Å². The topological polar surface area (TPSA) is 57.4 Å². The first-order valence-electron chi connectivity index (χ1n) is 13.2. The number of aromatic nitrogens is 2. The molecule has 0 aliphatic carbocycles. The number of para-hydroxylation sites is 3. The van der Waals surface area contributed by atoms with Crippen molar-refractivity contribution in [1.29, 1.82) is 10.5 Å². The van der Waals surface area contributed by atoms with Crippen LogP contribution in [-0.4, -0.2) is 9.13 Å². The van der Waals surface area contributed by atoms with Crippen LogP contribution < -0.4 is 0 Å². The standard InChI is InChI=1S/C34H16F6N4/c35-33(36,37)21-12-15-29(26(16-21)34(38,39)40)43-27-10-3-1-8-22(27)24-13-14-25-23-9-2-4-11-28(23)44(32(25)31(24)43)30-19(17-41)6-5-7-20(30)18-42/h1-16H. The van der Waals surface area contributed by atoms with Gasteiger partial charge in [0.1, 0.15) is 12.1 Å². The third-order valence-electron chi connectivity index (χ3n) is 7.84. The molecular formula is C34H16F6N4. The summed E-state index contributed by atoms with van der Waals surface area (Å²) in [6.45, 7) is 0. The molecule has 0 aliphatic rings. The highest BCUT2D eigenvalue weighted by Crippen LogP contribution is 2.45. The second kappa shape index (κ2) is 9.38. The number of hydrogen-bond acceptors (Lipinski definition) is 2. The number of nitrogens with zero attached hydrogens (tertiary/aromatic N) is 4. The highest BCUT2D eigenvalue weighted by Gasteiger charge is 2.39. The summed E-state index contributed by atoms with van der Waals surface area (Å²) in [5, 5.41) is 22.6. The summed E-state index contributed by atoms with van der Waals surface area (Å²) in [5.74, 6) is 0. The molecule has 0 fully saturated rings. The normalized spacial score (nSPS) is 12.3. The lowest BCUT2D eigenvalue weighted by molar-refractivity contribution is -0.142. The van der Waals surface area contributed by atoms with E-state index in [0.717, 1.165) is 6.07 Å². The number of benzene rings is 5.